The van der Waals surface area contributed by atoms with Crippen LogP contribution in [0.15, 0.2) is 30.5 Å². The average molecular weight is 177 g/mol. The van der Waals surface area contributed by atoms with Gasteiger partial charge in [-0.3, -0.25) is 0 Å². The van der Waals surface area contributed by atoms with Crippen molar-refractivity contribution >= 4 is 10.9 Å². The summed E-state index contributed by atoms with van der Waals surface area (Å²) < 4.78 is 13.8. The number of halogens is 1. The molecule has 0 atom stereocenters. The third-order valence-electron chi connectivity index (χ3n) is 2.04. The molecule has 0 N–H and O–H groups in total. The Labute approximate surface area is 74.8 Å². The molecule has 0 bridgehead atoms. The molecule has 1 aromatic carbocycles. The molecule has 0 amide bonds. The highest BCUT2D eigenvalue weighted by Crippen LogP contribution is 2.14. The number of aryl methyl sites for hydroxylation is 1. The zero-order chi connectivity index (χ0) is 9.42. The molecule has 0 aliphatic heterocycles. The Morgan fingerprint density at radius 2 is 2.15 bits per heavy atom. The minimum absolute atomic E-state index is 0.279. The quantitative estimate of drug-likeness (QED) is 0.446. The average Bonchev–Trinajstić information content (AvgIpc) is 2.09. The number of pyridine rings is 1. The van der Waals surface area contributed by atoms with Gasteiger partial charge in [0.25, 0.3) is 0 Å². The summed E-state index contributed by atoms with van der Waals surface area (Å²) in [5.74, 6) is -0.279. The minimum Gasteiger partial charge on any atom is -0.618 e. The van der Waals surface area contributed by atoms with E-state index < -0.39 is 0 Å². The number of hydrogen-bond acceptors (Lipinski definition) is 1. The van der Waals surface area contributed by atoms with Crippen LogP contribution in [0.2, 0.25) is 0 Å². The maximum absolute atomic E-state index is 13.1. The predicted molar refractivity (Wildman–Crippen MR) is 47.6 cm³/mol. The van der Waals surface area contributed by atoms with Crippen molar-refractivity contribution in [3.63, 3.8) is 0 Å². The largest absolute Gasteiger partial charge is 0.618 e. The van der Waals surface area contributed by atoms with Crippen LogP contribution in [-0.2, 0) is 0 Å². The van der Waals surface area contributed by atoms with E-state index >= 15 is 0 Å². The van der Waals surface area contributed by atoms with Crippen LogP contribution >= 0.6 is 0 Å². The van der Waals surface area contributed by atoms with E-state index in [4.69, 9.17) is 0 Å². The Morgan fingerprint density at radius 1 is 1.38 bits per heavy atom. The van der Waals surface area contributed by atoms with Gasteiger partial charge in [-0.1, -0.05) is 0 Å². The highest BCUT2D eigenvalue weighted by atomic mass is 19.1. The SMILES string of the molecule is Cc1cc2c(ccc[n+]2[O-])cc1F. The first kappa shape index (κ1) is 7.98. The number of fused-ring (bicyclic) bond motifs is 1. The Morgan fingerprint density at radius 3 is 2.92 bits per heavy atom. The van der Waals surface area contributed by atoms with Crippen LogP contribution in [0.3, 0.4) is 0 Å². The van der Waals surface area contributed by atoms with Gasteiger partial charge in [-0.25, -0.2) is 4.39 Å². The molecule has 0 aliphatic carbocycles. The molecule has 3 heteroatoms. The molecule has 0 unspecified atom stereocenters. The monoisotopic (exact) mass is 177 g/mol. The van der Waals surface area contributed by atoms with Crippen molar-refractivity contribution < 1.29 is 9.12 Å². The van der Waals surface area contributed by atoms with Gasteiger partial charge in [-0.2, -0.15) is 4.73 Å². The molecule has 0 radical (unpaired) electrons. The lowest BCUT2D eigenvalue weighted by atomic mass is 10.1. The minimum atomic E-state index is -0.279. The maximum Gasteiger partial charge on any atom is 0.224 e. The zero-order valence-electron chi connectivity index (χ0n) is 7.12. The van der Waals surface area contributed by atoms with Crippen molar-refractivity contribution in [3.8, 4) is 0 Å². The fourth-order valence-corrected chi connectivity index (χ4v) is 1.31. The van der Waals surface area contributed by atoms with Gasteiger partial charge in [-0.05, 0) is 24.6 Å². The number of rotatable bonds is 0. The summed E-state index contributed by atoms with van der Waals surface area (Å²) >= 11 is 0. The summed E-state index contributed by atoms with van der Waals surface area (Å²) in [4.78, 5) is 0. The Hall–Kier alpha value is -1.64. The molecule has 0 aliphatic rings. The summed E-state index contributed by atoms with van der Waals surface area (Å²) in [6.07, 6.45) is 1.40. The molecule has 0 saturated heterocycles. The van der Waals surface area contributed by atoms with E-state index in [1.807, 2.05) is 0 Å². The third-order valence-corrected chi connectivity index (χ3v) is 2.04. The zero-order valence-corrected chi connectivity index (χ0v) is 7.12. The lowest BCUT2D eigenvalue weighted by Gasteiger charge is -2.02. The fourth-order valence-electron chi connectivity index (χ4n) is 1.31. The van der Waals surface area contributed by atoms with Crippen molar-refractivity contribution in [2.75, 3.05) is 0 Å². The number of nitrogens with zero attached hydrogens (tertiary/aromatic N) is 1. The first-order valence-electron chi connectivity index (χ1n) is 3.96. The van der Waals surface area contributed by atoms with Crippen LogP contribution in [0.1, 0.15) is 5.56 Å². The molecule has 66 valence electrons. The standard InChI is InChI=1S/C10H8FNO/c1-7-5-10-8(6-9(7)11)3-2-4-12(10)13/h2-6H,1H3. The summed E-state index contributed by atoms with van der Waals surface area (Å²) in [6.45, 7) is 1.64. The number of hydrogen-bond donors (Lipinski definition) is 0. The van der Waals surface area contributed by atoms with Crippen molar-refractivity contribution in [2.24, 2.45) is 0 Å². The van der Waals surface area contributed by atoms with Crippen molar-refractivity contribution in [2.45, 2.75) is 6.92 Å². The smallest absolute Gasteiger partial charge is 0.224 e. The lowest BCUT2D eigenvalue weighted by Crippen LogP contribution is -2.25. The van der Waals surface area contributed by atoms with E-state index in [1.54, 1.807) is 25.1 Å². The molecule has 0 fully saturated rings. The van der Waals surface area contributed by atoms with Gasteiger partial charge in [0.2, 0.25) is 5.52 Å². The van der Waals surface area contributed by atoms with Gasteiger partial charge in [0.1, 0.15) is 5.82 Å². The summed E-state index contributed by atoms with van der Waals surface area (Å²) in [7, 11) is 0. The third kappa shape index (κ3) is 1.22. The molecular formula is C10H8FNO. The molecule has 1 aromatic heterocycles. The molecule has 2 aromatic rings. The van der Waals surface area contributed by atoms with Crippen molar-refractivity contribution in [3.05, 3.63) is 47.1 Å². The highest BCUT2D eigenvalue weighted by molar-refractivity contribution is 5.76. The van der Waals surface area contributed by atoms with E-state index in [2.05, 4.69) is 0 Å². The first-order valence-corrected chi connectivity index (χ1v) is 3.96. The number of benzene rings is 1. The molecule has 2 rings (SSSR count). The second-order valence-electron chi connectivity index (χ2n) is 2.99. The van der Waals surface area contributed by atoms with Crippen LogP contribution in [0, 0.1) is 17.9 Å². The predicted octanol–water partition coefficient (Wildman–Crippen LogP) is 1.92. The molecule has 0 saturated carbocycles. The summed E-state index contributed by atoms with van der Waals surface area (Å²) in [6, 6.07) is 6.24. The second kappa shape index (κ2) is 2.69. The molecule has 1 heterocycles. The normalized spacial score (nSPS) is 10.6. The molecule has 13 heavy (non-hydrogen) atoms. The van der Waals surface area contributed by atoms with Gasteiger partial charge in [0.15, 0.2) is 6.20 Å². The maximum atomic E-state index is 13.1. The van der Waals surface area contributed by atoms with E-state index in [0.717, 1.165) is 4.73 Å². The Bertz CT molecular complexity index is 468. The van der Waals surface area contributed by atoms with E-state index in [-0.39, 0.29) is 5.82 Å². The Balaban J connectivity index is 2.89. The van der Waals surface area contributed by atoms with Crippen molar-refractivity contribution in [1.82, 2.24) is 0 Å². The topological polar surface area (TPSA) is 26.9 Å². The summed E-state index contributed by atoms with van der Waals surface area (Å²) in [5.41, 5.74) is 0.990. The van der Waals surface area contributed by atoms with Gasteiger partial charge in [0.05, 0.1) is 5.39 Å². The van der Waals surface area contributed by atoms with Crippen LogP contribution in [-0.4, -0.2) is 0 Å². The fraction of sp³-hybridized carbons (Fsp3) is 0.100. The van der Waals surface area contributed by atoms with Crippen LogP contribution in [0.4, 0.5) is 4.39 Å². The lowest BCUT2D eigenvalue weighted by molar-refractivity contribution is -0.577. The van der Waals surface area contributed by atoms with Gasteiger partial charge < -0.3 is 5.21 Å². The Kier molecular flexibility index (Phi) is 1.65. The molecule has 2 nitrogen and oxygen atoms in total. The van der Waals surface area contributed by atoms with Gasteiger partial charge >= 0.3 is 0 Å². The van der Waals surface area contributed by atoms with Gasteiger partial charge in [-0.15, -0.1) is 0 Å². The van der Waals surface area contributed by atoms with Crippen LogP contribution in [0.25, 0.3) is 10.9 Å². The van der Waals surface area contributed by atoms with Crippen LogP contribution < -0.4 is 4.73 Å². The van der Waals surface area contributed by atoms with E-state index in [0.29, 0.717) is 16.5 Å². The van der Waals surface area contributed by atoms with E-state index in [9.17, 15) is 9.60 Å². The second-order valence-corrected chi connectivity index (χ2v) is 2.99. The molecule has 0 spiro atoms. The first-order chi connectivity index (χ1) is 6.18. The summed E-state index contributed by atoms with van der Waals surface area (Å²) in [5, 5.41) is 11.9. The van der Waals surface area contributed by atoms with Gasteiger partial charge in [0, 0.05) is 12.1 Å². The number of aromatic nitrogens is 1. The van der Waals surface area contributed by atoms with Crippen LogP contribution in [0.5, 0.6) is 0 Å². The van der Waals surface area contributed by atoms with E-state index in [1.165, 1.54) is 12.3 Å². The highest BCUT2D eigenvalue weighted by Gasteiger charge is 2.06. The van der Waals surface area contributed by atoms with Crippen molar-refractivity contribution in [1.29, 1.82) is 0 Å². The molecular weight excluding hydrogens is 169 g/mol.